The number of benzene rings is 2. The van der Waals surface area contributed by atoms with Crippen molar-refractivity contribution < 1.29 is 14.0 Å². The molecule has 124 valence electrons. The van der Waals surface area contributed by atoms with E-state index < -0.39 is 0 Å². The van der Waals surface area contributed by atoms with Crippen molar-refractivity contribution in [1.29, 1.82) is 0 Å². The molecule has 3 nitrogen and oxygen atoms in total. The maximum absolute atomic E-state index is 13.0. The fourth-order valence-electron chi connectivity index (χ4n) is 3.29. The number of likely N-dealkylation sites (tertiary alicyclic amines) is 1. The van der Waals surface area contributed by atoms with E-state index in [-0.39, 0.29) is 29.3 Å². The zero-order chi connectivity index (χ0) is 17.3. The smallest absolute Gasteiger partial charge is 0.254 e. The van der Waals surface area contributed by atoms with Crippen LogP contribution in [0.4, 0.5) is 4.39 Å². The van der Waals surface area contributed by atoms with E-state index in [1.54, 1.807) is 4.90 Å². The molecule has 0 radical (unpaired) electrons. The Bertz CT molecular complexity index is 769. The van der Waals surface area contributed by atoms with Gasteiger partial charge in [-0.15, -0.1) is 0 Å². The Hall–Kier alpha value is -2.49. The third kappa shape index (κ3) is 3.09. The minimum atomic E-state index is -0.359. The molecule has 1 aliphatic rings. The van der Waals surface area contributed by atoms with Crippen molar-refractivity contribution in [2.24, 2.45) is 11.8 Å². The molecule has 4 heteroatoms. The molecule has 2 atom stereocenters. The van der Waals surface area contributed by atoms with Crippen LogP contribution in [0.1, 0.15) is 33.2 Å². The van der Waals surface area contributed by atoms with Gasteiger partial charge in [-0.3, -0.25) is 9.59 Å². The number of aryl methyl sites for hydroxylation is 1. The van der Waals surface area contributed by atoms with Gasteiger partial charge >= 0.3 is 0 Å². The monoisotopic (exact) mass is 325 g/mol. The molecule has 2 aromatic rings. The van der Waals surface area contributed by atoms with Crippen molar-refractivity contribution in [3.8, 4) is 0 Å². The number of amides is 1. The molecule has 0 aliphatic carbocycles. The molecule has 0 N–H and O–H groups in total. The molecule has 1 aliphatic heterocycles. The molecule has 1 heterocycles. The molecule has 0 aromatic heterocycles. The predicted octanol–water partition coefficient (Wildman–Crippen LogP) is 3.73. The van der Waals surface area contributed by atoms with Crippen molar-refractivity contribution >= 4 is 11.7 Å². The molecule has 24 heavy (non-hydrogen) atoms. The third-order valence-electron chi connectivity index (χ3n) is 4.74. The lowest BCUT2D eigenvalue weighted by atomic mass is 9.90. The minimum absolute atomic E-state index is 0.0254. The van der Waals surface area contributed by atoms with Gasteiger partial charge in [0.15, 0.2) is 5.78 Å². The van der Waals surface area contributed by atoms with Crippen LogP contribution in [-0.4, -0.2) is 29.7 Å². The number of hydrogen-bond acceptors (Lipinski definition) is 2. The standard InChI is InChI=1S/C20H20FNO2/c1-13-5-3-4-6-17(13)20(24)22-11-14(2)18(12-22)19(23)15-7-9-16(21)10-8-15/h3-10,14,18H,11-12H2,1-2H3. The van der Waals surface area contributed by atoms with Crippen molar-refractivity contribution in [3.05, 3.63) is 71.0 Å². The van der Waals surface area contributed by atoms with E-state index in [9.17, 15) is 14.0 Å². The average Bonchev–Trinajstić information content (AvgIpc) is 2.96. The third-order valence-corrected chi connectivity index (χ3v) is 4.74. The van der Waals surface area contributed by atoms with Crippen molar-refractivity contribution in [1.82, 2.24) is 4.90 Å². The van der Waals surface area contributed by atoms with Gasteiger partial charge in [0.05, 0.1) is 0 Å². The van der Waals surface area contributed by atoms with Crippen molar-refractivity contribution in [2.75, 3.05) is 13.1 Å². The largest absolute Gasteiger partial charge is 0.338 e. The highest BCUT2D eigenvalue weighted by atomic mass is 19.1. The molecular weight excluding hydrogens is 305 g/mol. The topological polar surface area (TPSA) is 37.4 Å². The van der Waals surface area contributed by atoms with Gasteiger partial charge in [0.2, 0.25) is 0 Å². The summed E-state index contributed by atoms with van der Waals surface area (Å²) in [5.74, 6) is -0.585. The second kappa shape index (κ2) is 6.56. The van der Waals surface area contributed by atoms with Gasteiger partial charge in [-0.2, -0.15) is 0 Å². The Morgan fingerprint density at radius 2 is 1.71 bits per heavy atom. The summed E-state index contributed by atoms with van der Waals surface area (Å²) in [6.07, 6.45) is 0. The molecule has 2 aromatic carbocycles. The zero-order valence-electron chi connectivity index (χ0n) is 13.8. The first-order valence-electron chi connectivity index (χ1n) is 8.12. The first kappa shape index (κ1) is 16.4. The maximum atomic E-state index is 13.0. The molecule has 1 fully saturated rings. The number of halogens is 1. The Morgan fingerprint density at radius 1 is 1.04 bits per heavy atom. The fourth-order valence-corrected chi connectivity index (χ4v) is 3.29. The Morgan fingerprint density at radius 3 is 2.38 bits per heavy atom. The van der Waals surface area contributed by atoms with E-state index in [4.69, 9.17) is 0 Å². The van der Waals surface area contributed by atoms with Crippen LogP contribution in [0, 0.1) is 24.6 Å². The highest BCUT2D eigenvalue weighted by Gasteiger charge is 2.37. The van der Waals surface area contributed by atoms with Gasteiger partial charge in [-0.1, -0.05) is 25.1 Å². The number of carbonyl (C=O) groups excluding carboxylic acids is 2. The number of hydrogen-bond donors (Lipinski definition) is 0. The van der Waals surface area contributed by atoms with E-state index >= 15 is 0 Å². The van der Waals surface area contributed by atoms with Gasteiger partial charge in [0.25, 0.3) is 5.91 Å². The maximum Gasteiger partial charge on any atom is 0.254 e. The highest BCUT2D eigenvalue weighted by Crippen LogP contribution is 2.28. The quantitative estimate of drug-likeness (QED) is 0.807. The summed E-state index contributed by atoms with van der Waals surface area (Å²) in [7, 11) is 0. The Kier molecular flexibility index (Phi) is 4.47. The van der Waals surface area contributed by atoms with Crippen LogP contribution in [0.15, 0.2) is 48.5 Å². The summed E-state index contributed by atoms with van der Waals surface area (Å²) in [5.41, 5.74) is 2.11. The summed E-state index contributed by atoms with van der Waals surface area (Å²) in [6, 6.07) is 13.1. The molecular formula is C20H20FNO2. The summed E-state index contributed by atoms with van der Waals surface area (Å²) in [6.45, 7) is 4.86. The van der Waals surface area contributed by atoms with Gasteiger partial charge in [-0.25, -0.2) is 4.39 Å². The normalized spacial score (nSPS) is 20.2. The summed E-state index contributed by atoms with van der Waals surface area (Å²) < 4.78 is 13.0. The van der Waals surface area contributed by atoms with Gasteiger partial charge < -0.3 is 4.90 Å². The van der Waals surface area contributed by atoms with E-state index in [1.807, 2.05) is 38.1 Å². The van der Waals surface area contributed by atoms with Crippen LogP contribution in [0.2, 0.25) is 0 Å². The first-order valence-corrected chi connectivity index (χ1v) is 8.12. The van der Waals surface area contributed by atoms with E-state index in [0.717, 1.165) is 5.56 Å². The van der Waals surface area contributed by atoms with Crippen LogP contribution in [-0.2, 0) is 0 Å². The van der Waals surface area contributed by atoms with Gasteiger partial charge in [-0.05, 0) is 48.7 Å². The van der Waals surface area contributed by atoms with E-state index in [2.05, 4.69) is 0 Å². The Balaban J connectivity index is 1.77. The molecule has 0 spiro atoms. The van der Waals surface area contributed by atoms with Gasteiger partial charge in [0, 0.05) is 30.1 Å². The first-order chi connectivity index (χ1) is 11.5. The molecule has 1 saturated heterocycles. The number of rotatable bonds is 3. The van der Waals surface area contributed by atoms with Gasteiger partial charge in [0.1, 0.15) is 5.82 Å². The van der Waals surface area contributed by atoms with Crippen LogP contribution >= 0.6 is 0 Å². The van der Waals surface area contributed by atoms with Crippen LogP contribution in [0.25, 0.3) is 0 Å². The Labute approximate surface area is 141 Å². The summed E-state index contributed by atoms with van der Waals surface area (Å²) in [5, 5.41) is 0. The van der Waals surface area contributed by atoms with Crippen LogP contribution in [0.3, 0.4) is 0 Å². The molecule has 2 unspecified atom stereocenters. The average molecular weight is 325 g/mol. The lowest BCUT2D eigenvalue weighted by molar-refractivity contribution is 0.0779. The number of ketones is 1. The van der Waals surface area contributed by atoms with E-state index in [0.29, 0.717) is 24.2 Å². The lowest BCUT2D eigenvalue weighted by Crippen LogP contribution is -2.30. The second-order valence-electron chi connectivity index (χ2n) is 6.48. The summed E-state index contributed by atoms with van der Waals surface area (Å²) in [4.78, 5) is 27.2. The molecule has 0 bridgehead atoms. The molecule has 0 saturated carbocycles. The zero-order valence-corrected chi connectivity index (χ0v) is 13.8. The number of Topliss-reactive ketones (excluding diaryl/α,β-unsaturated/α-hetero) is 1. The second-order valence-corrected chi connectivity index (χ2v) is 6.48. The predicted molar refractivity (Wildman–Crippen MR) is 90.5 cm³/mol. The van der Waals surface area contributed by atoms with Crippen LogP contribution < -0.4 is 0 Å². The summed E-state index contributed by atoms with van der Waals surface area (Å²) >= 11 is 0. The highest BCUT2D eigenvalue weighted by molar-refractivity contribution is 6.00. The van der Waals surface area contributed by atoms with Crippen molar-refractivity contribution in [3.63, 3.8) is 0 Å². The fraction of sp³-hybridized carbons (Fsp3) is 0.300. The molecule has 1 amide bonds. The molecule has 3 rings (SSSR count). The van der Waals surface area contributed by atoms with Crippen LogP contribution in [0.5, 0.6) is 0 Å². The lowest BCUT2D eigenvalue weighted by Gasteiger charge is -2.17. The van der Waals surface area contributed by atoms with E-state index in [1.165, 1.54) is 24.3 Å². The number of nitrogens with zero attached hydrogens (tertiary/aromatic N) is 1. The minimum Gasteiger partial charge on any atom is -0.338 e. The SMILES string of the molecule is Cc1ccccc1C(=O)N1CC(C)C(C(=O)c2ccc(F)cc2)C1. The van der Waals surface area contributed by atoms with Crippen molar-refractivity contribution in [2.45, 2.75) is 13.8 Å². The number of carbonyl (C=O) groups is 2.